The molecule has 0 bridgehead atoms. The second-order valence-corrected chi connectivity index (χ2v) is 4.85. The van der Waals surface area contributed by atoms with Crippen LogP contribution >= 0.6 is 12.2 Å². The van der Waals surface area contributed by atoms with Crippen molar-refractivity contribution in [3.63, 3.8) is 0 Å². The Morgan fingerprint density at radius 3 is 2.84 bits per heavy atom. The van der Waals surface area contributed by atoms with Crippen LogP contribution in [0.25, 0.3) is 11.2 Å². The van der Waals surface area contributed by atoms with Crippen molar-refractivity contribution in [2.45, 2.75) is 40.3 Å². The molecule has 1 amide bonds. The maximum absolute atomic E-state index is 11.8. The van der Waals surface area contributed by atoms with E-state index in [-0.39, 0.29) is 12.5 Å². The molecule has 2 rings (SSSR count). The van der Waals surface area contributed by atoms with Crippen LogP contribution < -0.4 is 5.32 Å². The Bertz CT molecular complexity index is 651. The summed E-state index contributed by atoms with van der Waals surface area (Å²) in [5.41, 5.74) is 2.70. The molecular weight excluding hydrogens is 262 g/mol. The highest BCUT2D eigenvalue weighted by molar-refractivity contribution is 7.71. The fraction of sp³-hybridized carbons (Fsp3) is 0.583. The molecule has 0 aliphatic carbocycles. The Labute approximate surface area is 116 Å². The van der Waals surface area contributed by atoms with Crippen LogP contribution in [0.4, 0.5) is 0 Å². The van der Waals surface area contributed by atoms with Gasteiger partial charge >= 0.3 is 0 Å². The van der Waals surface area contributed by atoms with Gasteiger partial charge in [-0.05, 0) is 32.5 Å². The van der Waals surface area contributed by atoms with Crippen LogP contribution in [-0.4, -0.2) is 31.8 Å². The van der Waals surface area contributed by atoms with Gasteiger partial charge in [0.25, 0.3) is 0 Å². The van der Waals surface area contributed by atoms with Crippen molar-refractivity contribution in [2.24, 2.45) is 0 Å². The smallest absolute Gasteiger partial charge is 0.240 e. The Balaban J connectivity index is 2.39. The zero-order valence-corrected chi connectivity index (χ0v) is 12.3. The van der Waals surface area contributed by atoms with Crippen molar-refractivity contribution >= 4 is 29.3 Å². The van der Waals surface area contributed by atoms with E-state index in [1.54, 1.807) is 4.57 Å². The van der Waals surface area contributed by atoms with E-state index < -0.39 is 0 Å². The van der Waals surface area contributed by atoms with E-state index in [1.807, 2.05) is 25.5 Å². The summed E-state index contributed by atoms with van der Waals surface area (Å²) in [4.78, 5) is 15.0. The van der Waals surface area contributed by atoms with Gasteiger partial charge < -0.3 is 10.3 Å². The number of nitrogens with zero attached hydrogens (tertiary/aromatic N) is 3. The number of carbonyl (C=O) groups excluding carboxylic acids is 1. The number of fused-ring (bicyclic) bond motifs is 1. The molecule has 19 heavy (non-hydrogen) atoms. The van der Waals surface area contributed by atoms with Crippen LogP contribution in [0.15, 0.2) is 0 Å². The number of hydrogen-bond acceptors (Lipinski definition) is 3. The summed E-state index contributed by atoms with van der Waals surface area (Å²) in [6, 6.07) is 0. The van der Waals surface area contributed by atoms with Crippen molar-refractivity contribution in [3.8, 4) is 0 Å². The molecule has 6 nitrogen and oxygen atoms in total. The van der Waals surface area contributed by atoms with Gasteiger partial charge in [0.05, 0.1) is 5.69 Å². The lowest BCUT2D eigenvalue weighted by atomic mass is 10.4. The van der Waals surface area contributed by atoms with Gasteiger partial charge in [-0.25, -0.2) is 4.68 Å². The molecule has 0 aliphatic heterocycles. The molecule has 0 atom stereocenters. The first-order chi connectivity index (χ1) is 9.08. The third kappa shape index (κ3) is 2.56. The van der Waals surface area contributed by atoms with E-state index in [0.717, 1.165) is 29.8 Å². The average Bonchev–Trinajstić information content (AvgIpc) is 2.86. The number of hydrogen-bond donors (Lipinski definition) is 2. The third-order valence-corrected chi connectivity index (χ3v) is 3.33. The van der Waals surface area contributed by atoms with Crippen molar-refractivity contribution in [3.05, 3.63) is 10.5 Å². The molecule has 0 saturated carbocycles. The van der Waals surface area contributed by atoms with Crippen molar-refractivity contribution in [1.29, 1.82) is 0 Å². The summed E-state index contributed by atoms with van der Waals surface area (Å²) in [5, 5.41) is 7.28. The second-order valence-electron chi connectivity index (χ2n) is 4.47. The van der Waals surface area contributed by atoms with Gasteiger partial charge in [-0.15, -0.1) is 0 Å². The molecule has 0 fully saturated rings. The molecule has 2 aromatic rings. The van der Waals surface area contributed by atoms with E-state index in [1.165, 1.54) is 0 Å². The van der Waals surface area contributed by atoms with Gasteiger partial charge in [0, 0.05) is 13.1 Å². The molecule has 104 valence electrons. The molecule has 0 aromatic carbocycles. The number of imidazole rings is 1. The van der Waals surface area contributed by atoms with Gasteiger partial charge in [0.1, 0.15) is 12.1 Å². The summed E-state index contributed by atoms with van der Waals surface area (Å²) in [6.07, 6.45) is 0.922. The topological polar surface area (TPSA) is 67.6 Å². The first-order valence-corrected chi connectivity index (χ1v) is 6.91. The fourth-order valence-corrected chi connectivity index (χ4v) is 2.34. The number of aromatic nitrogens is 4. The largest absolute Gasteiger partial charge is 0.355 e. The molecule has 2 aromatic heterocycles. The van der Waals surface area contributed by atoms with Crippen LogP contribution in [-0.2, 0) is 17.9 Å². The molecule has 0 spiro atoms. The van der Waals surface area contributed by atoms with Gasteiger partial charge in [-0.1, -0.05) is 6.92 Å². The lowest BCUT2D eigenvalue weighted by Crippen LogP contribution is -2.28. The van der Waals surface area contributed by atoms with E-state index in [2.05, 4.69) is 15.4 Å². The van der Waals surface area contributed by atoms with Gasteiger partial charge in [0.15, 0.2) is 10.4 Å². The number of aryl methyl sites for hydroxylation is 2. The summed E-state index contributed by atoms with van der Waals surface area (Å²) in [5.74, 6) is -0.0274. The Kier molecular flexibility index (Phi) is 4.04. The predicted octanol–water partition coefficient (Wildman–Crippen LogP) is 1.75. The van der Waals surface area contributed by atoms with Crippen molar-refractivity contribution in [1.82, 2.24) is 24.6 Å². The Morgan fingerprint density at radius 1 is 1.47 bits per heavy atom. The molecule has 2 heterocycles. The number of rotatable bonds is 5. The summed E-state index contributed by atoms with van der Waals surface area (Å²) in [6.45, 7) is 7.63. The van der Waals surface area contributed by atoms with Crippen LogP contribution in [0.2, 0.25) is 0 Å². The highest BCUT2D eigenvalue weighted by Gasteiger charge is 2.15. The SMILES string of the molecule is CCCNC(=O)Cn1c(=S)[nH]c2c(C)nn(CC)c21. The van der Waals surface area contributed by atoms with E-state index >= 15 is 0 Å². The van der Waals surface area contributed by atoms with Gasteiger partial charge in [0.2, 0.25) is 5.91 Å². The van der Waals surface area contributed by atoms with Crippen LogP contribution in [0.3, 0.4) is 0 Å². The summed E-state index contributed by atoms with van der Waals surface area (Å²) < 4.78 is 4.23. The molecule has 0 saturated heterocycles. The lowest BCUT2D eigenvalue weighted by Gasteiger charge is -2.06. The minimum Gasteiger partial charge on any atom is -0.355 e. The van der Waals surface area contributed by atoms with E-state index in [4.69, 9.17) is 12.2 Å². The highest BCUT2D eigenvalue weighted by atomic mass is 32.1. The van der Waals surface area contributed by atoms with Crippen molar-refractivity contribution < 1.29 is 4.79 Å². The Morgan fingerprint density at radius 2 is 2.21 bits per heavy atom. The minimum absolute atomic E-state index is 0.0274. The number of H-pyrrole nitrogens is 1. The first-order valence-electron chi connectivity index (χ1n) is 6.51. The number of carbonyl (C=O) groups is 1. The average molecular weight is 281 g/mol. The lowest BCUT2D eigenvalue weighted by molar-refractivity contribution is -0.121. The van der Waals surface area contributed by atoms with Crippen LogP contribution in [0.1, 0.15) is 26.0 Å². The maximum atomic E-state index is 11.8. The molecular formula is C12H19N5OS. The first kappa shape index (κ1) is 13.8. The van der Waals surface area contributed by atoms with E-state index in [0.29, 0.717) is 11.3 Å². The van der Waals surface area contributed by atoms with Gasteiger partial charge in [-0.2, -0.15) is 5.10 Å². The maximum Gasteiger partial charge on any atom is 0.240 e. The predicted molar refractivity (Wildman–Crippen MR) is 76.6 cm³/mol. The molecule has 7 heteroatoms. The fourth-order valence-electron chi connectivity index (χ4n) is 2.09. The van der Waals surface area contributed by atoms with Crippen LogP contribution in [0, 0.1) is 11.7 Å². The standard InChI is InChI=1S/C12H19N5OS/c1-4-6-13-9(18)7-16-11-10(14-12(16)19)8(3)15-17(11)5-2/h4-7H2,1-3H3,(H,13,18)(H,14,19). The Hall–Kier alpha value is -1.63. The highest BCUT2D eigenvalue weighted by Crippen LogP contribution is 2.17. The normalized spacial score (nSPS) is 11.1. The number of aromatic amines is 1. The molecule has 0 aliphatic rings. The number of nitrogens with one attached hydrogen (secondary N) is 2. The molecule has 0 radical (unpaired) electrons. The minimum atomic E-state index is -0.0274. The zero-order chi connectivity index (χ0) is 14.0. The quantitative estimate of drug-likeness (QED) is 0.820. The summed E-state index contributed by atoms with van der Waals surface area (Å²) in [7, 11) is 0. The summed E-state index contributed by atoms with van der Waals surface area (Å²) >= 11 is 5.29. The third-order valence-electron chi connectivity index (χ3n) is 3.01. The zero-order valence-electron chi connectivity index (χ0n) is 11.5. The van der Waals surface area contributed by atoms with Gasteiger partial charge in [-0.3, -0.25) is 9.36 Å². The van der Waals surface area contributed by atoms with Crippen molar-refractivity contribution in [2.75, 3.05) is 6.54 Å². The van der Waals surface area contributed by atoms with Crippen LogP contribution in [0.5, 0.6) is 0 Å². The van der Waals surface area contributed by atoms with E-state index in [9.17, 15) is 4.79 Å². The second kappa shape index (κ2) is 5.56. The monoisotopic (exact) mass is 281 g/mol. The molecule has 2 N–H and O–H groups in total. The number of amides is 1. The molecule has 0 unspecified atom stereocenters.